The van der Waals surface area contributed by atoms with Gasteiger partial charge in [0.1, 0.15) is 13.2 Å². The Bertz CT molecular complexity index is 494. The number of carbonyl (C=O) groups excluding carboxylic acids is 2. The Hall–Kier alpha value is -1.22. The van der Waals surface area contributed by atoms with Gasteiger partial charge in [-0.3, -0.25) is 0 Å². The minimum Gasteiger partial charge on any atom is -0.461 e. The third-order valence-corrected chi connectivity index (χ3v) is 4.35. The first-order valence-corrected chi connectivity index (χ1v) is 11.6. The van der Waals surface area contributed by atoms with Crippen LogP contribution in [0, 0.1) is 0 Å². The number of hydrogen-bond acceptors (Lipinski definition) is 8. The van der Waals surface area contributed by atoms with Gasteiger partial charge in [0.05, 0.1) is 24.4 Å². The molecule has 0 aliphatic heterocycles. The first-order valence-electron chi connectivity index (χ1n) is 11.6. The van der Waals surface area contributed by atoms with E-state index in [0.717, 1.165) is 0 Å². The maximum absolute atomic E-state index is 12.3. The third kappa shape index (κ3) is 14.0. The maximum Gasteiger partial charge on any atom is 0.337 e. The van der Waals surface area contributed by atoms with Crippen LogP contribution in [0.3, 0.4) is 0 Å². The van der Waals surface area contributed by atoms with Gasteiger partial charge in [-0.2, -0.15) is 0 Å². The van der Waals surface area contributed by atoms with Crippen LogP contribution in [0.25, 0.3) is 0 Å². The molecule has 2 unspecified atom stereocenters. The number of carbonyl (C=O) groups is 2. The summed E-state index contributed by atoms with van der Waals surface area (Å²) in [5, 5.41) is 0. The molecule has 0 bridgehead atoms. The zero-order valence-corrected chi connectivity index (χ0v) is 21.8. The molecular formula is C24H46O8. The largest absolute Gasteiger partial charge is 0.461 e. The Morgan fingerprint density at radius 3 is 1.22 bits per heavy atom. The molecule has 0 aromatic heterocycles. The van der Waals surface area contributed by atoms with Crippen LogP contribution in [0.15, 0.2) is 0 Å². The maximum atomic E-state index is 12.3. The van der Waals surface area contributed by atoms with Crippen molar-refractivity contribution in [1.29, 1.82) is 0 Å². The van der Waals surface area contributed by atoms with Crippen molar-refractivity contribution in [1.82, 2.24) is 0 Å². The average Bonchev–Trinajstić information content (AvgIpc) is 2.65. The Balaban J connectivity index is 4.12. The van der Waals surface area contributed by atoms with Gasteiger partial charge in [-0.15, -0.1) is 0 Å². The van der Waals surface area contributed by atoms with Crippen molar-refractivity contribution < 1.29 is 38.0 Å². The SMILES string of the molecule is CC(C)OC(C)COC(=O)C(C)(C)OCCCCOC(C)(C)C(=O)OCC(C)OC(C)C. The zero-order valence-electron chi connectivity index (χ0n) is 21.8. The fourth-order valence-electron chi connectivity index (χ4n) is 2.72. The molecule has 0 N–H and O–H groups in total. The second-order valence-electron chi connectivity index (χ2n) is 9.61. The molecule has 2 atom stereocenters. The highest BCUT2D eigenvalue weighted by atomic mass is 16.6. The van der Waals surface area contributed by atoms with Crippen LogP contribution in [0.4, 0.5) is 0 Å². The number of unbranched alkanes of at least 4 members (excludes halogenated alkanes) is 1. The minimum atomic E-state index is -1.05. The van der Waals surface area contributed by atoms with Crippen molar-refractivity contribution in [2.24, 2.45) is 0 Å². The Labute approximate surface area is 194 Å². The molecule has 32 heavy (non-hydrogen) atoms. The molecule has 0 aliphatic rings. The average molecular weight is 463 g/mol. The molecule has 0 fully saturated rings. The molecule has 0 radical (unpaired) electrons. The standard InChI is InChI=1S/C24H46O8/c1-17(2)31-19(5)15-27-21(25)23(7,8)29-13-11-12-14-30-24(9,10)22(26)28-16-20(6)32-18(3)4/h17-20H,11-16H2,1-10H3. The highest BCUT2D eigenvalue weighted by Gasteiger charge is 2.32. The van der Waals surface area contributed by atoms with Crippen LogP contribution < -0.4 is 0 Å². The lowest BCUT2D eigenvalue weighted by molar-refractivity contribution is -0.174. The molecule has 0 heterocycles. The molecule has 0 saturated carbocycles. The molecule has 0 aliphatic carbocycles. The van der Waals surface area contributed by atoms with Crippen molar-refractivity contribution in [3.05, 3.63) is 0 Å². The summed E-state index contributed by atoms with van der Waals surface area (Å²) in [6.45, 7) is 19.3. The summed E-state index contributed by atoms with van der Waals surface area (Å²) in [6.07, 6.45) is 1.15. The quantitative estimate of drug-likeness (QED) is 0.236. The lowest BCUT2D eigenvalue weighted by Gasteiger charge is -2.26. The van der Waals surface area contributed by atoms with Gasteiger partial charge in [-0.1, -0.05) is 0 Å². The van der Waals surface area contributed by atoms with E-state index >= 15 is 0 Å². The summed E-state index contributed by atoms with van der Waals surface area (Å²) in [4.78, 5) is 24.5. The minimum absolute atomic E-state index is 0.0736. The van der Waals surface area contributed by atoms with Gasteiger partial charge >= 0.3 is 11.9 Å². The molecule has 0 spiro atoms. The Kier molecular flexibility index (Phi) is 14.3. The molecular weight excluding hydrogens is 416 g/mol. The van der Waals surface area contributed by atoms with Crippen LogP contribution >= 0.6 is 0 Å². The number of ether oxygens (including phenoxy) is 6. The van der Waals surface area contributed by atoms with Gasteiger partial charge in [0.25, 0.3) is 0 Å². The predicted octanol–water partition coefficient (Wildman–Crippen LogP) is 4.07. The van der Waals surface area contributed by atoms with Crippen molar-refractivity contribution in [2.45, 2.75) is 118 Å². The monoisotopic (exact) mass is 462 g/mol. The van der Waals surface area contributed by atoms with Gasteiger partial charge in [-0.05, 0) is 82.1 Å². The lowest BCUT2D eigenvalue weighted by atomic mass is 10.1. The van der Waals surface area contributed by atoms with Crippen LogP contribution in [-0.2, 0) is 38.0 Å². The van der Waals surface area contributed by atoms with E-state index in [0.29, 0.717) is 26.1 Å². The van der Waals surface area contributed by atoms with Gasteiger partial charge < -0.3 is 28.4 Å². The molecule has 0 saturated heterocycles. The van der Waals surface area contributed by atoms with E-state index in [1.165, 1.54) is 0 Å². The van der Waals surface area contributed by atoms with Crippen LogP contribution in [0.2, 0.25) is 0 Å². The molecule has 0 rings (SSSR count). The third-order valence-electron chi connectivity index (χ3n) is 4.35. The highest BCUT2D eigenvalue weighted by molar-refractivity contribution is 5.79. The summed E-state index contributed by atoms with van der Waals surface area (Å²) in [5.74, 6) is -0.847. The summed E-state index contributed by atoms with van der Waals surface area (Å²) < 4.78 is 33.1. The smallest absolute Gasteiger partial charge is 0.337 e. The number of hydrogen-bond donors (Lipinski definition) is 0. The fourth-order valence-corrected chi connectivity index (χ4v) is 2.72. The Morgan fingerprint density at radius 2 is 0.938 bits per heavy atom. The molecule has 190 valence electrons. The normalized spacial score (nSPS) is 14.5. The van der Waals surface area contributed by atoms with E-state index in [1.807, 2.05) is 41.5 Å². The van der Waals surface area contributed by atoms with Crippen LogP contribution in [0.5, 0.6) is 0 Å². The van der Waals surface area contributed by atoms with E-state index in [1.54, 1.807) is 27.7 Å². The molecule has 8 nitrogen and oxygen atoms in total. The Morgan fingerprint density at radius 1 is 0.625 bits per heavy atom. The first-order chi connectivity index (χ1) is 14.7. The van der Waals surface area contributed by atoms with E-state index in [9.17, 15) is 9.59 Å². The first kappa shape index (κ1) is 30.8. The van der Waals surface area contributed by atoms with Crippen molar-refractivity contribution in [3.63, 3.8) is 0 Å². The van der Waals surface area contributed by atoms with E-state index in [4.69, 9.17) is 28.4 Å². The molecule has 0 amide bonds. The second kappa shape index (κ2) is 14.8. The summed E-state index contributed by atoms with van der Waals surface area (Å²) in [6, 6.07) is 0. The molecule has 0 aromatic rings. The summed E-state index contributed by atoms with van der Waals surface area (Å²) in [5.41, 5.74) is -2.09. The van der Waals surface area contributed by atoms with Crippen molar-refractivity contribution in [3.8, 4) is 0 Å². The number of rotatable bonds is 17. The van der Waals surface area contributed by atoms with Crippen molar-refractivity contribution in [2.75, 3.05) is 26.4 Å². The van der Waals surface area contributed by atoms with E-state index in [2.05, 4.69) is 0 Å². The summed E-state index contributed by atoms with van der Waals surface area (Å²) in [7, 11) is 0. The van der Waals surface area contributed by atoms with Gasteiger partial charge in [-0.25, -0.2) is 9.59 Å². The van der Waals surface area contributed by atoms with Crippen LogP contribution in [-0.4, -0.2) is 74.0 Å². The predicted molar refractivity (Wildman–Crippen MR) is 123 cm³/mol. The van der Waals surface area contributed by atoms with Crippen molar-refractivity contribution >= 4 is 11.9 Å². The zero-order chi connectivity index (χ0) is 24.9. The molecule has 8 heteroatoms. The lowest BCUT2D eigenvalue weighted by Crippen LogP contribution is -2.39. The molecule has 0 aromatic carbocycles. The number of esters is 2. The summed E-state index contributed by atoms with van der Waals surface area (Å²) >= 11 is 0. The van der Waals surface area contributed by atoms with E-state index in [-0.39, 0.29) is 37.6 Å². The van der Waals surface area contributed by atoms with Crippen LogP contribution in [0.1, 0.15) is 82.1 Å². The fraction of sp³-hybridized carbons (Fsp3) is 0.917. The van der Waals surface area contributed by atoms with E-state index < -0.39 is 23.1 Å². The topological polar surface area (TPSA) is 89.5 Å². The van der Waals surface area contributed by atoms with Gasteiger partial charge in [0.15, 0.2) is 11.2 Å². The van der Waals surface area contributed by atoms with Gasteiger partial charge in [0, 0.05) is 13.2 Å². The highest BCUT2D eigenvalue weighted by Crippen LogP contribution is 2.16. The van der Waals surface area contributed by atoms with Gasteiger partial charge in [0.2, 0.25) is 0 Å². The second-order valence-corrected chi connectivity index (χ2v) is 9.61.